The first-order chi connectivity index (χ1) is 12.6. The molecular weight excluding hydrogens is 348 g/mol. The zero-order valence-electron chi connectivity index (χ0n) is 14.9. The van der Waals surface area contributed by atoms with Crippen LogP contribution in [0.25, 0.3) is 22.7 Å². The van der Waals surface area contributed by atoms with Gasteiger partial charge in [0.25, 0.3) is 0 Å². The summed E-state index contributed by atoms with van der Waals surface area (Å²) in [7, 11) is 0. The van der Waals surface area contributed by atoms with Gasteiger partial charge >= 0.3 is 0 Å². The van der Waals surface area contributed by atoms with Gasteiger partial charge in [-0.3, -0.25) is 0 Å². The van der Waals surface area contributed by atoms with E-state index in [0.717, 1.165) is 41.7 Å². The third-order valence-corrected chi connectivity index (χ3v) is 4.87. The monoisotopic (exact) mass is 368 g/mol. The molecule has 3 heterocycles. The summed E-state index contributed by atoms with van der Waals surface area (Å²) in [5, 5.41) is 4.93. The van der Waals surface area contributed by atoms with Crippen molar-refractivity contribution >= 4 is 17.5 Å². The first-order valence-corrected chi connectivity index (χ1v) is 9.35. The molecule has 1 aliphatic rings. The first kappa shape index (κ1) is 17.0. The fourth-order valence-corrected chi connectivity index (χ4v) is 3.21. The molecule has 0 bridgehead atoms. The zero-order chi connectivity index (χ0) is 18.1. The Balaban J connectivity index is 1.71. The normalized spacial score (nSPS) is 14.4. The lowest BCUT2D eigenvalue weighted by molar-refractivity contribution is 0.434. The average molecular weight is 369 g/mol. The Morgan fingerprint density at radius 2 is 1.73 bits per heavy atom. The lowest BCUT2D eigenvalue weighted by Crippen LogP contribution is -2.21. The van der Waals surface area contributed by atoms with E-state index < -0.39 is 0 Å². The molecule has 2 aromatic heterocycles. The molecule has 4 rings (SSSR count). The van der Waals surface area contributed by atoms with Crippen LogP contribution < -0.4 is 4.90 Å². The van der Waals surface area contributed by atoms with E-state index >= 15 is 0 Å². The summed E-state index contributed by atoms with van der Waals surface area (Å²) in [4.78, 5) is 11.8. The molecule has 3 aromatic rings. The minimum atomic E-state index is 0.320. The van der Waals surface area contributed by atoms with Gasteiger partial charge in [-0.1, -0.05) is 30.6 Å². The molecule has 1 aliphatic heterocycles. The van der Waals surface area contributed by atoms with Crippen LogP contribution in [0, 0.1) is 0 Å². The lowest BCUT2D eigenvalue weighted by atomic mass is 10.1. The van der Waals surface area contributed by atoms with E-state index in [2.05, 4.69) is 23.9 Å². The molecule has 0 atom stereocenters. The lowest BCUT2D eigenvalue weighted by Gasteiger charge is -2.17. The van der Waals surface area contributed by atoms with Crippen molar-refractivity contribution < 1.29 is 4.52 Å². The number of benzene rings is 1. The summed E-state index contributed by atoms with van der Waals surface area (Å²) in [5.74, 6) is 1.81. The van der Waals surface area contributed by atoms with E-state index in [9.17, 15) is 0 Å². The Hall–Kier alpha value is -2.40. The second kappa shape index (κ2) is 7.08. The Labute approximate surface area is 158 Å². The van der Waals surface area contributed by atoms with Gasteiger partial charge in [0.1, 0.15) is 5.69 Å². The molecule has 134 valence electrons. The highest BCUT2D eigenvalue weighted by molar-refractivity contribution is 6.30. The number of rotatable bonds is 4. The number of anilines is 1. The molecule has 1 aromatic carbocycles. The van der Waals surface area contributed by atoms with E-state index in [4.69, 9.17) is 26.1 Å². The molecule has 0 radical (unpaired) electrons. The van der Waals surface area contributed by atoms with Crippen LogP contribution >= 0.6 is 11.6 Å². The van der Waals surface area contributed by atoms with E-state index in [1.54, 1.807) is 0 Å². The predicted octanol–water partition coefficient (Wildman–Crippen LogP) is 5.18. The largest absolute Gasteiger partial charge is 0.356 e. The third kappa shape index (κ3) is 3.44. The Morgan fingerprint density at radius 1 is 1.00 bits per heavy atom. The molecule has 0 unspecified atom stereocenters. The summed E-state index contributed by atoms with van der Waals surface area (Å²) < 4.78 is 5.54. The van der Waals surface area contributed by atoms with Gasteiger partial charge in [0.2, 0.25) is 5.95 Å². The van der Waals surface area contributed by atoms with Crippen molar-refractivity contribution in [1.29, 1.82) is 0 Å². The SMILES string of the molecule is CC(C)c1cc(-c2cc(-c3ccc(Cl)cc3)on2)nc(N2CCCC2)n1. The van der Waals surface area contributed by atoms with Crippen LogP contribution in [0.4, 0.5) is 5.95 Å². The van der Waals surface area contributed by atoms with Gasteiger partial charge in [-0.2, -0.15) is 0 Å². The van der Waals surface area contributed by atoms with Gasteiger partial charge in [0.15, 0.2) is 5.76 Å². The highest BCUT2D eigenvalue weighted by Crippen LogP contribution is 2.29. The maximum atomic E-state index is 5.96. The molecule has 26 heavy (non-hydrogen) atoms. The third-order valence-electron chi connectivity index (χ3n) is 4.62. The fraction of sp³-hybridized carbons (Fsp3) is 0.350. The number of nitrogens with zero attached hydrogens (tertiary/aromatic N) is 4. The van der Waals surface area contributed by atoms with Crippen molar-refractivity contribution in [3.05, 3.63) is 47.1 Å². The van der Waals surface area contributed by atoms with Gasteiger partial charge in [-0.15, -0.1) is 0 Å². The number of hydrogen-bond acceptors (Lipinski definition) is 5. The Morgan fingerprint density at radius 3 is 2.42 bits per heavy atom. The van der Waals surface area contributed by atoms with Crippen LogP contribution in [0.15, 0.2) is 40.9 Å². The summed E-state index contributed by atoms with van der Waals surface area (Å²) in [6, 6.07) is 11.4. The van der Waals surface area contributed by atoms with E-state index in [1.165, 1.54) is 12.8 Å². The summed E-state index contributed by atoms with van der Waals surface area (Å²) in [5.41, 5.74) is 3.48. The smallest absolute Gasteiger partial charge is 0.226 e. The average Bonchev–Trinajstić information content (AvgIpc) is 3.34. The second-order valence-electron chi connectivity index (χ2n) is 6.91. The van der Waals surface area contributed by atoms with E-state index in [0.29, 0.717) is 16.7 Å². The highest BCUT2D eigenvalue weighted by Gasteiger charge is 2.19. The van der Waals surface area contributed by atoms with Crippen LogP contribution in [0.3, 0.4) is 0 Å². The summed E-state index contributed by atoms with van der Waals surface area (Å²) >= 11 is 5.96. The van der Waals surface area contributed by atoms with Crippen LogP contribution in [0.5, 0.6) is 0 Å². The molecule has 5 nitrogen and oxygen atoms in total. The Bertz CT molecular complexity index is 898. The molecule has 1 fully saturated rings. The molecule has 0 aliphatic carbocycles. The topological polar surface area (TPSA) is 55.1 Å². The maximum Gasteiger partial charge on any atom is 0.226 e. The minimum absolute atomic E-state index is 0.320. The van der Waals surface area contributed by atoms with Crippen LogP contribution in [0.2, 0.25) is 5.02 Å². The maximum absolute atomic E-state index is 5.96. The standard InChI is InChI=1S/C20H21ClN4O/c1-13(2)16-11-17(23-20(22-16)25-9-3-4-10-25)18-12-19(26-24-18)14-5-7-15(21)8-6-14/h5-8,11-13H,3-4,9-10H2,1-2H3. The zero-order valence-corrected chi connectivity index (χ0v) is 15.7. The molecule has 0 amide bonds. The summed E-state index contributed by atoms with van der Waals surface area (Å²) in [6.45, 7) is 6.30. The first-order valence-electron chi connectivity index (χ1n) is 8.97. The van der Waals surface area contributed by atoms with Crippen molar-refractivity contribution in [2.75, 3.05) is 18.0 Å². The predicted molar refractivity (Wildman–Crippen MR) is 104 cm³/mol. The summed E-state index contributed by atoms with van der Waals surface area (Å²) in [6.07, 6.45) is 2.38. The van der Waals surface area contributed by atoms with Crippen LogP contribution in [-0.4, -0.2) is 28.2 Å². The van der Waals surface area contributed by atoms with Crippen molar-refractivity contribution in [2.45, 2.75) is 32.6 Å². The molecule has 0 saturated carbocycles. The molecule has 0 spiro atoms. The van der Waals surface area contributed by atoms with Crippen molar-refractivity contribution in [1.82, 2.24) is 15.1 Å². The van der Waals surface area contributed by atoms with Crippen molar-refractivity contribution in [3.63, 3.8) is 0 Å². The second-order valence-corrected chi connectivity index (χ2v) is 7.35. The van der Waals surface area contributed by atoms with Crippen LogP contribution in [0.1, 0.15) is 38.3 Å². The number of aromatic nitrogens is 3. The van der Waals surface area contributed by atoms with Gasteiger partial charge in [-0.05, 0) is 49.1 Å². The van der Waals surface area contributed by atoms with E-state index in [-0.39, 0.29) is 0 Å². The van der Waals surface area contributed by atoms with Crippen molar-refractivity contribution in [3.8, 4) is 22.7 Å². The number of halogens is 1. The number of hydrogen-bond donors (Lipinski definition) is 0. The minimum Gasteiger partial charge on any atom is -0.356 e. The molecule has 0 N–H and O–H groups in total. The van der Waals surface area contributed by atoms with Gasteiger partial charge < -0.3 is 9.42 Å². The fourth-order valence-electron chi connectivity index (χ4n) is 3.08. The van der Waals surface area contributed by atoms with Gasteiger partial charge in [-0.25, -0.2) is 9.97 Å². The van der Waals surface area contributed by atoms with Gasteiger partial charge in [0, 0.05) is 35.4 Å². The molecule has 1 saturated heterocycles. The molecule has 6 heteroatoms. The quantitative estimate of drug-likeness (QED) is 0.635. The van der Waals surface area contributed by atoms with E-state index in [1.807, 2.05) is 36.4 Å². The van der Waals surface area contributed by atoms with Gasteiger partial charge in [0.05, 0.1) is 5.69 Å². The highest BCUT2D eigenvalue weighted by atomic mass is 35.5. The Kier molecular flexibility index (Phi) is 4.64. The van der Waals surface area contributed by atoms with Crippen LogP contribution in [-0.2, 0) is 0 Å². The van der Waals surface area contributed by atoms with Crippen molar-refractivity contribution in [2.24, 2.45) is 0 Å². The molecular formula is C20H21ClN4O.